The van der Waals surface area contributed by atoms with Crippen LogP contribution in [0.25, 0.3) is 21.1 Å². The van der Waals surface area contributed by atoms with Crippen LogP contribution in [0.5, 0.6) is 11.5 Å². The van der Waals surface area contributed by atoms with Gasteiger partial charge in [0.15, 0.2) is 0 Å². The number of nitriles is 2. The van der Waals surface area contributed by atoms with Gasteiger partial charge in [-0.3, -0.25) is 0 Å². The number of carboxylic acid groups (broad SMARTS) is 2. The highest BCUT2D eigenvalue weighted by Gasteiger charge is 2.18. The van der Waals surface area contributed by atoms with Crippen molar-refractivity contribution in [1.29, 1.82) is 10.5 Å². The molecule has 0 spiro atoms. The molecule has 4 aromatic rings. The number of nitrogens with zero attached hydrogens (tertiary/aromatic N) is 4. The average molecular weight is 633 g/mol. The molecule has 2 N–H and O–H groups in total. The predicted octanol–water partition coefficient (Wildman–Crippen LogP) is 7.45. The fourth-order valence-electron chi connectivity index (χ4n) is 3.70. The van der Waals surface area contributed by atoms with E-state index in [4.69, 9.17) is 19.7 Å². The van der Waals surface area contributed by atoms with Crippen molar-refractivity contribution in [3.05, 3.63) is 68.7 Å². The van der Waals surface area contributed by atoms with Crippen LogP contribution in [0.2, 0.25) is 0 Å². The second kappa shape index (κ2) is 15.1. The van der Waals surface area contributed by atoms with Crippen molar-refractivity contribution in [1.82, 2.24) is 9.97 Å². The number of aromatic nitrogens is 2. The third-order valence-corrected chi connectivity index (χ3v) is 8.21. The Labute approximate surface area is 263 Å². The van der Waals surface area contributed by atoms with Crippen LogP contribution in [0, 0.1) is 48.3 Å². The minimum Gasteiger partial charge on any atom is -0.492 e. The van der Waals surface area contributed by atoms with Crippen molar-refractivity contribution < 1.29 is 29.3 Å². The van der Waals surface area contributed by atoms with Gasteiger partial charge in [0.1, 0.15) is 43.4 Å². The summed E-state index contributed by atoms with van der Waals surface area (Å²) < 4.78 is 11.2. The van der Waals surface area contributed by atoms with E-state index < -0.39 is 11.9 Å². The molecule has 0 saturated heterocycles. The zero-order valence-electron chi connectivity index (χ0n) is 25.2. The fraction of sp³-hybridized carbons (Fsp3) is 0.312. The summed E-state index contributed by atoms with van der Waals surface area (Å²) in [5.41, 5.74) is 3.23. The normalized spacial score (nSPS) is 10.5. The summed E-state index contributed by atoms with van der Waals surface area (Å²) in [4.78, 5) is 31.2. The molecule has 0 atom stereocenters. The fourth-order valence-corrected chi connectivity index (χ4v) is 5.50. The van der Waals surface area contributed by atoms with E-state index in [0.717, 1.165) is 22.7 Å². The SMILES string of the molecule is Cc1nc(-c2ccc(OCC(C)C)c(C#N)c2)sc1C(=O)O.Cc1nc(-c2ccc(OCC(C)C)c(C#N)c2)sc1C(=O)O. The number of rotatable bonds is 10. The van der Waals surface area contributed by atoms with E-state index in [1.54, 1.807) is 50.2 Å². The Morgan fingerprint density at radius 2 is 1.11 bits per heavy atom. The number of thiazole rings is 2. The van der Waals surface area contributed by atoms with Gasteiger partial charge in [-0.05, 0) is 62.1 Å². The highest BCUT2D eigenvalue weighted by Crippen LogP contribution is 2.32. The molecule has 4 rings (SSSR count). The molecule has 44 heavy (non-hydrogen) atoms. The summed E-state index contributed by atoms with van der Waals surface area (Å²) in [5.74, 6) is -0.174. The second-order valence-electron chi connectivity index (χ2n) is 10.5. The molecule has 228 valence electrons. The van der Waals surface area contributed by atoms with Crippen molar-refractivity contribution in [2.75, 3.05) is 13.2 Å². The molecule has 2 aromatic heterocycles. The quantitative estimate of drug-likeness (QED) is 0.179. The Morgan fingerprint density at radius 1 is 0.750 bits per heavy atom. The summed E-state index contributed by atoms with van der Waals surface area (Å²) in [6, 6.07) is 14.6. The molecular weight excluding hydrogens is 601 g/mol. The van der Waals surface area contributed by atoms with Gasteiger partial charge in [0, 0.05) is 11.1 Å². The van der Waals surface area contributed by atoms with Crippen molar-refractivity contribution in [3.63, 3.8) is 0 Å². The smallest absolute Gasteiger partial charge is 0.347 e. The van der Waals surface area contributed by atoms with Crippen LogP contribution in [0.15, 0.2) is 36.4 Å². The topological polar surface area (TPSA) is 166 Å². The lowest BCUT2D eigenvalue weighted by molar-refractivity contribution is 0.0690. The van der Waals surface area contributed by atoms with Gasteiger partial charge in [0.25, 0.3) is 0 Å². The minimum absolute atomic E-state index is 0.216. The highest BCUT2D eigenvalue weighted by atomic mass is 32.1. The number of benzene rings is 2. The Balaban J connectivity index is 0.000000240. The molecule has 2 heterocycles. The molecule has 0 aliphatic rings. The lowest BCUT2D eigenvalue weighted by atomic mass is 10.1. The summed E-state index contributed by atoms with van der Waals surface area (Å²) in [6.07, 6.45) is 0. The molecule has 10 nitrogen and oxygen atoms in total. The molecule has 0 unspecified atom stereocenters. The lowest BCUT2D eigenvalue weighted by Gasteiger charge is -2.10. The maximum atomic E-state index is 11.1. The first-order valence-electron chi connectivity index (χ1n) is 13.6. The molecule has 12 heteroatoms. The lowest BCUT2D eigenvalue weighted by Crippen LogP contribution is -2.05. The molecular formula is C32H32N4O6S2. The number of carbonyl (C=O) groups is 2. The Bertz CT molecular complexity index is 1620. The van der Waals surface area contributed by atoms with Crippen LogP contribution < -0.4 is 9.47 Å². The number of carboxylic acids is 2. The highest BCUT2D eigenvalue weighted by molar-refractivity contribution is 7.17. The van der Waals surface area contributed by atoms with Crippen molar-refractivity contribution in [2.24, 2.45) is 11.8 Å². The number of hydrogen-bond acceptors (Lipinski definition) is 10. The summed E-state index contributed by atoms with van der Waals surface area (Å²) in [5, 5.41) is 37.9. The number of aromatic carboxylic acids is 2. The second-order valence-corrected chi connectivity index (χ2v) is 12.5. The average Bonchev–Trinajstić information content (AvgIpc) is 3.57. The van der Waals surface area contributed by atoms with E-state index >= 15 is 0 Å². The number of aryl methyl sites for hydroxylation is 2. The van der Waals surface area contributed by atoms with Crippen LogP contribution >= 0.6 is 22.7 Å². The van der Waals surface area contributed by atoms with E-state index in [1.165, 1.54) is 0 Å². The summed E-state index contributed by atoms with van der Waals surface area (Å²) in [6.45, 7) is 12.5. The Kier molecular flexibility index (Phi) is 11.6. The molecule has 0 fully saturated rings. The van der Waals surface area contributed by atoms with Crippen LogP contribution in [-0.2, 0) is 0 Å². The zero-order valence-corrected chi connectivity index (χ0v) is 26.8. The van der Waals surface area contributed by atoms with E-state index in [1.807, 2.05) is 27.7 Å². The molecule has 2 aromatic carbocycles. The maximum Gasteiger partial charge on any atom is 0.347 e. The van der Waals surface area contributed by atoms with Crippen LogP contribution in [0.4, 0.5) is 0 Å². The first-order chi connectivity index (χ1) is 20.8. The van der Waals surface area contributed by atoms with Gasteiger partial charge in [-0.15, -0.1) is 22.7 Å². The third-order valence-electron chi connectivity index (χ3n) is 5.82. The van der Waals surface area contributed by atoms with Gasteiger partial charge in [-0.25, -0.2) is 19.6 Å². The largest absolute Gasteiger partial charge is 0.492 e. The van der Waals surface area contributed by atoms with Crippen LogP contribution in [0.3, 0.4) is 0 Å². The Morgan fingerprint density at radius 3 is 1.39 bits per heavy atom. The van der Waals surface area contributed by atoms with Crippen molar-refractivity contribution >= 4 is 34.6 Å². The zero-order chi connectivity index (χ0) is 32.6. The standard InChI is InChI=1S/2C16H16N2O3S/c2*1-9(2)8-21-13-5-4-11(6-12(13)7-17)15-18-10(3)14(22-15)16(19)20/h2*4-6,9H,8H2,1-3H3,(H,19,20). The molecule has 0 saturated carbocycles. The Hall–Kier alpha value is -4.78. The molecule has 0 bridgehead atoms. The molecule has 0 aliphatic carbocycles. The van der Waals surface area contributed by atoms with Crippen molar-refractivity contribution in [2.45, 2.75) is 41.5 Å². The van der Waals surface area contributed by atoms with Gasteiger partial charge >= 0.3 is 11.9 Å². The van der Waals surface area contributed by atoms with E-state index in [-0.39, 0.29) is 9.75 Å². The summed E-state index contributed by atoms with van der Waals surface area (Å²) in [7, 11) is 0. The molecule has 0 aliphatic heterocycles. The third kappa shape index (κ3) is 8.63. The minimum atomic E-state index is -0.987. The number of hydrogen-bond donors (Lipinski definition) is 2. The summed E-state index contributed by atoms with van der Waals surface area (Å²) >= 11 is 2.21. The van der Waals surface area contributed by atoms with Crippen LogP contribution in [0.1, 0.15) is 69.6 Å². The molecule has 0 radical (unpaired) electrons. The van der Waals surface area contributed by atoms with E-state index in [2.05, 4.69) is 22.1 Å². The van der Waals surface area contributed by atoms with E-state index in [9.17, 15) is 20.1 Å². The first kappa shape index (κ1) is 33.7. The van der Waals surface area contributed by atoms with Gasteiger partial charge < -0.3 is 19.7 Å². The van der Waals surface area contributed by atoms with Gasteiger partial charge in [-0.2, -0.15) is 10.5 Å². The van der Waals surface area contributed by atoms with Gasteiger partial charge in [0.05, 0.1) is 35.7 Å². The van der Waals surface area contributed by atoms with Crippen molar-refractivity contribution in [3.8, 4) is 44.8 Å². The maximum absolute atomic E-state index is 11.1. The molecule has 0 amide bonds. The predicted molar refractivity (Wildman–Crippen MR) is 169 cm³/mol. The monoisotopic (exact) mass is 632 g/mol. The van der Waals surface area contributed by atoms with Gasteiger partial charge in [-0.1, -0.05) is 27.7 Å². The van der Waals surface area contributed by atoms with E-state index in [0.29, 0.717) is 80.2 Å². The van der Waals surface area contributed by atoms with Gasteiger partial charge in [0.2, 0.25) is 0 Å². The first-order valence-corrected chi connectivity index (χ1v) is 15.2. The number of ether oxygens (including phenoxy) is 2. The van der Waals surface area contributed by atoms with Crippen LogP contribution in [-0.4, -0.2) is 45.3 Å².